The highest BCUT2D eigenvalue weighted by atomic mass is 33.1. The summed E-state index contributed by atoms with van der Waals surface area (Å²) in [6, 6.07) is 5.92. The number of aromatic nitrogens is 2. The van der Waals surface area contributed by atoms with E-state index in [4.69, 9.17) is 35.2 Å². The number of nitrogens with two attached hydrogens (primary N) is 1. The number of aliphatic carboxylic acids is 5. The smallest absolute Gasteiger partial charge is 0.481 e. The number of phosphoric acid groups is 3. The zero-order chi connectivity index (χ0) is 74.9. The molecule has 19 N–H and O–H groups in total. The molecule has 1 saturated heterocycles. The number of benzene rings is 2. The van der Waals surface area contributed by atoms with Crippen molar-refractivity contribution in [3.8, 4) is 23.0 Å². The second-order valence-electron chi connectivity index (χ2n) is 21.7. The zero-order valence-electron chi connectivity index (χ0n) is 52.4. The van der Waals surface area contributed by atoms with E-state index < -0.39 is 181 Å². The second-order valence-corrected chi connectivity index (χ2v) is 28.7. The maximum Gasteiger partial charge on any atom is 0.490 e. The predicted octanol–water partition coefficient (Wildman–Crippen LogP) is -1.44. The van der Waals surface area contributed by atoms with Gasteiger partial charge in [-0.15, -0.1) is 0 Å². The topological polar surface area (TPSA) is 650 Å². The van der Waals surface area contributed by atoms with Crippen LogP contribution in [0.4, 0.5) is 10.6 Å². The van der Waals surface area contributed by atoms with E-state index in [1.807, 2.05) is 59.2 Å². The van der Waals surface area contributed by atoms with E-state index >= 15 is 0 Å². The summed E-state index contributed by atoms with van der Waals surface area (Å²) in [5.74, 6) is -9.98. The lowest BCUT2D eigenvalue weighted by Gasteiger charge is -2.20. The lowest BCUT2D eigenvalue weighted by Crippen LogP contribution is -2.51. The van der Waals surface area contributed by atoms with Gasteiger partial charge in [0.15, 0.2) is 0 Å². The molecule has 0 bridgehead atoms. The van der Waals surface area contributed by atoms with Crippen LogP contribution in [0.2, 0.25) is 0 Å². The molecular weight excluding hydrogens is 1450 g/mol. The number of aliphatic hydroxyl groups excluding tert-OH is 1. The summed E-state index contributed by atoms with van der Waals surface area (Å²) in [6.45, 7) is -1.33. The summed E-state index contributed by atoms with van der Waals surface area (Å²) in [7, 11) is -14.8. The number of carboxylic acid groups (broad SMARTS) is 5. The van der Waals surface area contributed by atoms with Crippen LogP contribution in [0, 0.1) is 11.8 Å². The van der Waals surface area contributed by atoms with Crippen LogP contribution >= 0.6 is 45.1 Å². The molecule has 46 heteroatoms. The molecule has 10 unspecified atom stereocenters. The summed E-state index contributed by atoms with van der Waals surface area (Å²) in [6.07, 6.45) is -8.63. The number of phosphoric ester groups is 1. The Morgan fingerprint density at radius 2 is 1.18 bits per heavy atom. The standard InChI is InChI=1S/C55H69N10O31P3S2/c56-48-28(24-65(54(83)64-48)46-23-39(66)40(94-46)26-93-98(88,89)96-99(90,91)95-97(85,86)87)9-8-17-57-41(67)15-18-100-101-27-38(63-55(84)92-25-33-31-12-5-3-10-29(31)30-11-4-6-13-32(30)33)49(74)58-16-7-1-2-14-42(68)59-34(50(75)76)19-43(69)60-35(51(77)78)20-44(70)61-36(52(79)80)21-45(71)62-37(53(81)82)22-47(72)73/h3-6,10-13,24,33-40,46,66H,1-2,7,14-23,25-27H2,(H,57,67)(H,58,74)(H,59,68)(H,60,69)(H,61,70)(H,62,71)(H,63,84)(H,72,73)(H,75,76)(H,77,78)(H,79,80)(H,81,82)(H,88,89)(H,90,91)(H2,56,64,83)(H2,85,86,87). The zero-order valence-corrected chi connectivity index (χ0v) is 56.7. The Balaban J connectivity index is 1.08. The van der Waals surface area contributed by atoms with E-state index in [9.17, 15) is 106 Å². The molecular formula is C55H69N10O31P3S2. The Kier molecular flexibility index (Phi) is 31.8. The van der Waals surface area contributed by atoms with Crippen molar-refractivity contribution in [1.82, 2.24) is 46.8 Å². The van der Waals surface area contributed by atoms with Gasteiger partial charge in [0.05, 0.1) is 50.5 Å². The van der Waals surface area contributed by atoms with Crippen LogP contribution in [-0.2, 0) is 89.1 Å². The fourth-order valence-electron chi connectivity index (χ4n) is 9.42. The molecule has 3 aromatic rings. The quantitative estimate of drug-likeness (QED) is 0.0134. The van der Waals surface area contributed by atoms with Crippen molar-refractivity contribution in [1.29, 1.82) is 0 Å². The summed E-state index contributed by atoms with van der Waals surface area (Å²) >= 11 is 0. The highest BCUT2D eigenvalue weighted by Gasteiger charge is 2.44. The third-order valence-corrected chi connectivity index (χ3v) is 20.3. The van der Waals surface area contributed by atoms with Crippen LogP contribution in [0.25, 0.3) is 11.1 Å². The number of carbonyl (C=O) groups excluding carboxylic acids is 7. The Morgan fingerprint density at radius 3 is 1.71 bits per heavy atom. The normalized spacial score (nSPS) is 17.3. The first kappa shape index (κ1) is 82.8. The molecule has 2 heterocycles. The van der Waals surface area contributed by atoms with Crippen LogP contribution in [0.3, 0.4) is 0 Å². The largest absolute Gasteiger partial charge is 0.490 e. The van der Waals surface area contributed by atoms with Crippen molar-refractivity contribution in [2.75, 3.05) is 43.5 Å². The first-order valence-corrected chi connectivity index (χ1v) is 36.6. The first-order chi connectivity index (χ1) is 47.4. The van der Waals surface area contributed by atoms with Gasteiger partial charge < -0.3 is 103 Å². The number of nitrogens with zero attached hydrogens (tertiary/aromatic N) is 2. The van der Waals surface area contributed by atoms with Gasteiger partial charge in [-0.05, 0) is 35.1 Å². The molecule has 1 aromatic heterocycles. The number of nitrogen functional groups attached to an aromatic ring is 1. The van der Waals surface area contributed by atoms with E-state index in [1.54, 1.807) is 5.32 Å². The number of nitrogens with one attached hydrogen (secondary N) is 7. The number of hydrogen-bond donors (Lipinski definition) is 18. The molecule has 10 atom stereocenters. The van der Waals surface area contributed by atoms with E-state index in [-0.39, 0.29) is 87.0 Å². The molecule has 41 nitrogen and oxygen atoms in total. The monoisotopic (exact) mass is 1520 g/mol. The molecule has 5 rings (SSSR count). The number of carboxylic acids is 5. The number of ether oxygens (including phenoxy) is 2. The molecule has 7 amide bonds. The summed E-state index contributed by atoms with van der Waals surface area (Å²) < 4.78 is 58.6. The van der Waals surface area contributed by atoms with Crippen molar-refractivity contribution in [2.45, 2.75) is 119 Å². The number of alkyl carbamates (subject to hydrolysis) is 1. The lowest BCUT2D eigenvalue weighted by molar-refractivity contribution is -0.148. The average molecular weight is 1520 g/mol. The molecule has 1 aliphatic heterocycles. The van der Waals surface area contributed by atoms with Gasteiger partial charge in [-0.25, -0.2) is 42.5 Å². The minimum Gasteiger partial charge on any atom is -0.481 e. The van der Waals surface area contributed by atoms with Gasteiger partial charge >= 0.3 is 65.1 Å². The molecule has 1 aliphatic carbocycles. The molecule has 0 saturated carbocycles. The molecule has 552 valence electrons. The van der Waals surface area contributed by atoms with Gasteiger partial charge in [-0.2, -0.15) is 13.6 Å². The fourth-order valence-corrected chi connectivity index (χ4v) is 14.6. The van der Waals surface area contributed by atoms with Crippen LogP contribution in [-0.4, -0.2) is 211 Å². The van der Waals surface area contributed by atoms with Gasteiger partial charge in [0.2, 0.25) is 35.4 Å². The van der Waals surface area contributed by atoms with Gasteiger partial charge in [-0.3, -0.25) is 42.7 Å². The van der Waals surface area contributed by atoms with Crippen LogP contribution < -0.4 is 48.6 Å². The predicted molar refractivity (Wildman–Crippen MR) is 345 cm³/mol. The maximum atomic E-state index is 13.6. The van der Waals surface area contributed by atoms with Crippen LogP contribution in [0.5, 0.6) is 0 Å². The average Bonchev–Trinajstić information content (AvgIpc) is 1.68. The number of anilines is 1. The number of amides is 7. The van der Waals surface area contributed by atoms with Gasteiger partial charge in [0, 0.05) is 49.4 Å². The molecule has 101 heavy (non-hydrogen) atoms. The van der Waals surface area contributed by atoms with Gasteiger partial charge in [0.25, 0.3) is 0 Å². The van der Waals surface area contributed by atoms with Crippen molar-refractivity contribution >= 4 is 122 Å². The number of carbonyl (C=O) groups is 12. The molecule has 2 aliphatic rings. The Hall–Kier alpha value is -8.85. The summed E-state index contributed by atoms with van der Waals surface area (Å²) in [5.41, 5.74) is 8.68. The molecule has 0 radical (unpaired) electrons. The lowest BCUT2D eigenvalue weighted by atomic mass is 9.98. The van der Waals surface area contributed by atoms with Gasteiger partial charge in [0.1, 0.15) is 55.0 Å². The third-order valence-electron chi connectivity index (χ3n) is 14.1. The highest BCUT2D eigenvalue weighted by molar-refractivity contribution is 8.76. The number of unbranched alkanes of at least 4 members (excludes halogenated alkanes) is 2. The highest BCUT2D eigenvalue weighted by Crippen LogP contribution is 2.66. The van der Waals surface area contributed by atoms with Crippen molar-refractivity contribution in [3.05, 3.63) is 81.9 Å². The first-order valence-electron chi connectivity index (χ1n) is 29.6. The van der Waals surface area contributed by atoms with Crippen LogP contribution in [0.15, 0.2) is 59.5 Å². The van der Waals surface area contributed by atoms with Gasteiger partial charge in [-0.1, -0.05) is 88.4 Å². The third kappa shape index (κ3) is 28.2. The number of fused-ring (bicyclic) bond motifs is 3. The summed E-state index contributed by atoms with van der Waals surface area (Å²) in [4.78, 5) is 201. The molecule has 1 fully saturated rings. The van der Waals surface area contributed by atoms with Crippen molar-refractivity contribution in [3.63, 3.8) is 0 Å². The minimum absolute atomic E-state index is 0.0171. The number of rotatable bonds is 41. The molecule has 0 spiro atoms. The minimum atomic E-state index is -5.84. The summed E-state index contributed by atoms with van der Waals surface area (Å²) in [5, 5.41) is 72.9. The SMILES string of the molecule is Nc1nc(=O)n(C2CC(O)C(COP(=O)(O)OP(=O)(O)OP(=O)(O)O)O2)cc1C#CCNC(=O)CCSSCC(NC(=O)OCC1c2ccccc2-c2ccccc21)C(=O)NCCCCCC(=O)NC(CC(=O)NC(CC(=O)NC(CC(=O)NC(CC(=O)O)C(=O)O)C(=O)O)C(=O)O)C(=O)O. The van der Waals surface area contributed by atoms with Crippen molar-refractivity contribution < 1.29 is 144 Å². The van der Waals surface area contributed by atoms with E-state index in [0.717, 1.165) is 43.8 Å². The molecule has 2 aromatic carbocycles. The van der Waals surface area contributed by atoms with E-state index in [2.05, 4.69) is 51.2 Å². The van der Waals surface area contributed by atoms with Crippen LogP contribution in [0.1, 0.15) is 93.0 Å². The fraction of sp³-hybridized carbons (Fsp3) is 0.455. The van der Waals surface area contributed by atoms with E-state index in [1.165, 1.54) is 10.8 Å². The second kappa shape index (κ2) is 38.8. The van der Waals surface area contributed by atoms with E-state index in [0.29, 0.717) is 0 Å². The Morgan fingerprint density at radius 1 is 0.644 bits per heavy atom. The Labute approximate surface area is 578 Å². The maximum absolute atomic E-state index is 13.6. The number of aliphatic hydroxyl groups is 1. The van der Waals surface area contributed by atoms with Crippen molar-refractivity contribution in [2.24, 2.45) is 0 Å². The Bertz CT molecular complexity index is 3830. The number of hydrogen-bond acceptors (Lipinski definition) is 26.